The molecule has 120 valence electrons. The fraction of sp³-hybridized carbons (Fsp3) is 0.450. The maximum atomic E-state index is 12.0. The molecule has 1 aliphatic rings. The molecule has 0 fully saturated rings. The van der Waals surface area contributed by atoms with Crippen molar-refractivity contribution in [2.45, 2.75) is 47.5 Å². The van der Waals surface area contributed by atoms with Gasteiger partial charge in [0, 0.05) is 6.42 Å². The van der Waals surface area contributed by atoms with Crippen LogP contribution < -0.4 is 0 Å². The summed E-state index contributed by atoms with van der Waals surface area (Å²) in [5.41, 5.74) is 4.27. The maximum absolute atomic E-state index is 12.0. The fourth-order valence-corrected chi connectivity index (χ4v) is 2.49. The van der Waals surface area contributed by atoms with E-state index in [0.717, 1.165) is 28.7 Å². The third-order valence-corrected chi connectivity index (χ3v) is 3.89. The number of carbonyl (C=O) groups is 1. The van der Waals surface area contributed by atoms with Crippen molar-refractivity contribution in [3.05, 3.63) is 58.7 Å². The Morgan fingerprint density at radius 1 is 1.18 bits per heavy atom. The second-order valence-corrected chi connectivity index (χ2v) is 6.83. The Labute approximate surface area is 134 Å². The Bertz CT molecular complexity index is 567. The number of aliphatic hydroxyl groups is 1. The summed E-state index contributed by atoms with van der Waals surface area (Å²) in [7, 11) is 0. The highest BCUT2D eigenvalue weighted by atomic mass is 16.2. The van der Waals surface area contributed by atoms with Gasteiger partial charge in [-0.1, -0.05) is 61.4 Å². The molecule has 22 heavy (non-hydrogen) atoms. The van der Waals surface area contributed by atoms with E-state index in [4.69, 9.17) is 5.11 Å². The van der Waals surface area contributed by atoms with Gasteiger partial charge in [0.25, 0.3) is 0 Å². The highest BCUT2D eigenvalue weighted by molar-refractivity contribution is 5.97. The molecule has 0 saturated carbocycles. The SMILES string of the molecule is CC(C=CC1=C(C)C(=O)CC(C)(C)C1)=CC=CC(C)=CCO. The summed E-state index contributed by atoms with van der Waals surface area (Å²) in [6.45, 7) is 10.3. The lowest BCUT2D eigenvalue weighted by Gasteiger charge is -2.30. The number of hydrogen-bond donors (Lipinski definition) is 1. The molecule has 2 nitrogen and oxygen atoms in total. The fourth-order valence-electron chi connectivity index (χ4n) is 2.49. The van der Waals surface area contributed by atoms with Crippen molar-refractivity contribution >= 4 is 5.78 Å². The molecular formula is C20H28O2. The summed E-state index contributed by atoms with van der Waals surface area (Å²) in [5.74, 6) is 0.266. The summed E-state index contributed by atoms with van der Waals surface area (Å²) in [4.78, 5) is 12.0. The Morgan fingerprint density at radius 2 is 1.86 bits per heavy atom. The monoisotopic (exact) mass is 300 g/mol. The molecule has 1 N–H and O–H groups in total. The van der Waals surface area contributed by atoms with Gasteiger partial charge in [0.15, 0.2) is 5.78 Å². The average Bonchev–Trinajstić information content (AvgIpc) is 2.41. The Balaban J connectivity index is 2.80. The molecule has 0 atom stereocenters. The number of Topliss-reactive ketones (excluding diaryl/α,β-unsaturated/α-hetero) is 1. The zero-order chi connectivity index (χ0) is 16.8. The minimum atomic E-state index is 0.0555. The normalized spacial score (nSPS) is 20.5. The maximum Gasteiger partial charge on any atom is 0.159 e. The van der Waals surface area contributed by atoms with Crippen LogP contribution in [0.15, 0.2) is 58.7 Å². The van der Waals surface area contributed by atoms with Crippen molar-refractivity contribution in [1.82, 2.24) is 0 Å². The van der Waals surface area contributed by atoms with Gasteiger partial charge in [0.1, 0.15) is 0 Å². The smallest absolute Gasteiger partial charge is 0.159 e. The lowest BCUT2D eigenvalue weighted by molar-refractivity contribution is -0.118. The van der Waals surface area contributed by atoms with Crippen LogP contribution in [0.5, 0.6) is 0 Å². The largest absolute Gasteiger partial charge is 0.392 e. The first-order chi connectivity index (χ1) is 10.2. The zero-order valence-corrected chi connectivity index (χ0v) is 14.4. The molecule has 0 heterocycles. The van der Waals surface area contributed by atoms with Gasteiger partial charge in [-0.15, -0.1) is 0 Å². The van der Waals surface area contributed by atoms with Crippen LogP contribution in [-0.2, 0) is 4.79 Å². The van der Waals surface area contributed by atoms with E-state index in [1.165, 1.54) is 0 Å². The quantitative estimate of drug-likeness (QED) is 0.748. The van der Waals surface area contributed by atoms with Crippen LogP contribution in [0, 0.1) is 5.41 Å². The van der Waals surface area contributed by atoms with E-state index in [-0.39, 0.29) is 17.8 Å². The Kier molecular flexibility index (Phi) is 6.76. The van der Waals surface area contributed by atoms with E-state index in [1.807, 2.05) is 39.0 Å². The van der Waals surface area contributed by atoms with Gasteiger partial charge in [0.2, 0.25) is 0 Å². The summed E-state index contributed by atoms with van der Waals surface area (Å²) in [5, 5.41) is 8.79. The topological polar surface area (TPSA) is 37.3 Å². The molecule has 0 spiro atoms. The number of hydrogen-bond acceptors (Lipinski definition) is 2. The van der Waals surface area contributed by atoms with Crippen LogP contribution >= 0.6 is 0 Å². The van der Waals surface area contributed by atoms with Gasteiger partial charge >= 0.3 is 0 Å². The lowest BCUT2D eigenvalue weighted by Crippen LogP contribution is -2.24. The van der Waals surface area contributed by atoms with Gasteiger partial charge in [-0.3, -0.25) is 4.79 Å². The van der Waals surface area contributed by atoms with Crippen molar-refractivity contribution in [2.24, 2.45) is 5.41 Å². The van der Waals surface area contributed by atoms with Gasteiger partial charge in [-0.25, -0.2) is 0 Å². The van der Waals surface area contributed by atoms with Crippen LogP contribution in [0.25, 0.3) is 0 Å². The van der Waals surface area contributed by atoms with Gasteiger partial charge < -0.3 is 5.11 Å². The summed E-state index contributed by atoms with van der Waals surface area (Å²) in [6, 6.07) is 0. The molecular weight excluding hydrogens is 272 g/mol. The molecule has 1 rings (SSSR count). The van der Waals surface area contributed by atoms with Crippen LogP contribution in [-0.4, -0.2) is 17.5 Å². The highest BCUT2D eigenvalue weighted by Crippen LogP contribution is 2.37. The highest BCUT2D eigenvalue weighted by Gasteiger charge is 2.29. The van der Waals surface area contributed by atoms with Crippen molar-refractivity contribution in [3.63, 3.8) is 0 Å². The van der Waals surface area contributed by atoms with Gasteiger partial charge in [0.05, 0.1) is 6.61 Å². The van der Waals surface area contributed by atoms with Gasteiger partial charge in [-0.05, 0) is 43.8 Å². The zero-order valence-electron chi connectivity index (χ0n) is 14.4. The standard InChI is InChI=1S/C20H28O2/c1-15(7-6-8-16(2)11-12-21)9-10-18-13-20(4,5)14-19(22)17(18)3/h6-11,21H,12-14H2,1-5H3. The third kappa shape index (κ3) is 5.98. The Hall–Kier alpha value is -1.67. The van der Waals surface area contributed by atoms with Crippen molar-refractivity contribution in [2.75, 3.05) is 6.61 Å². The van der Waals surface area contributed by atoms with Crippen molar-refractivity contribution in [3.8, 4) is 0 Å². The van der Waals surface area contributed by atoms with Crippen molar-refractivity contribution < 1.29 is 9.90 Å². The molecule has 0 aromatic heterocycles. The van der Waals surface area contributed by atoms with Gasteiger partial charge in [-0.2, -0.15) is 0 Å². The molecule has 0 radical (unpaired) electrons. The molecule has 0 bridgehead atoms. The lowest BCUT2D eigenvalue weighted by atomic mass is 9.74. The molecule has 0 unspecified atom stereocenters. The summed E-state index contributed by atoms with van der Waals surface area (Å²) >= 11 is 0. The molecule has 0 aliphatic heterocycles. The molecule has 0 aromatic rings. The van der Waals surface area contributed by atoms with Crippen molar-refractivity contribution in [1.29, 1.82) is 0 Å². The second-order valence-electron chi connectivity index (χ2n) is 6.83. The first-order valence-corrected chi connectivity index (χ1v) is 7.79. The number of aliphatic hydroxyl groups excluding tert-OH is 1. The molecule has 2 heteroatoms. The third-order valence-electron chi connectivity index (χ3n) is 3.89. The summed E-state index contributed by atoms with van der Waals surface area (Å²) in [6.07, 6.45) is 13.4. The van der Waals surface area contributed by atoms with Crippen LogP contribution in [0.2, 0.25) is 0 Å². The van der Waals surface area contributed by atoms with Crippen LogP contribution in [0.4, 0.5) is 0 Å². The minimum Gasteiger partial charge on any atom is -0.392 e. The predicted molar refractivity (Wildman–Crippen MR) is 93.6 cm³/mol. The molecule has 0 saturated heterocycles. The number of carbonyl (C=O) groups excluding carboxylic acids is 1. The molecule has 0 amide bonds. The number of ketones is 1. The van der Waals surface area contributed by atoms with E-state index in [1.54, 1.807) is 6.08 Å². The average molecular weight is 300 g/mol. The minimum absolute atomic E-state index is 0.0555. The first-order valence-electron chi connectivity index (χ1n) is 7.79. The van der Waals surface area contributed by atoms with Crippen LogP contribution in [0.1, 0.15) is 47.5 Å². The Morgan fingerprint density at radius 3 is 2.50 bits per heavy atom. The second kappa shape index (κ2) is 8.09. The number of allylic oxidation sites excluding steroid dienone is 9. The van der Waals surface area contributed by atoms with E-state index in [0.29, 0.717) is 6.42 Å². The first kappa shape index (κ1) is 18.4. The van der Waals surface area contributed by atoms with E-state index in [2.05, 4.69) is 26.0 Å². The predicted octanol–water partition coefficient (Wildman–Crippen LogP) is 4.69. The molecule has 1 aliphatic carbocycles. The van der Waals surface area contributed by atoms with E-state index in [9.17, 15) is 4.79 Å². The molecule has 0 aromatic carbocycles. The number of rotatable bonds is 5. The summed E-state index contributed by atoms with van der Waals surface area (Å²) < 4.78 is 0. The van der Waals surface area contributed by atoms with Crippen LogP contribution in [0.3, 0.4) is 0 Å². The van der Waals surface area contributed by atoms with E-state index < -0.39 is 0 Å². The van der Waals surface area contributed by atoms with E-state index >= 15 is 0 Å².